The Bertz CT molecular complexity index is 636. The van der Waals surface area contributed by atoms with Crippen molar-refractivity contribution in [2.45, 2.75) is 32.4 Å². The minimum atomic E-state index is -3.24. The average molecular weight is 354 g/mol. The monoisotopic (exact) mass is 354 g/mol. The van der Waals surface area contributed by atoms with Gasteiger partial charge in [0.2, 0.25) is 15.9 Å². The van der Waals surface area contributed by atoms with E-state index in [0.29, 0.717) is 13.1 Å². The lowest BCUT2D eigenvalue weighted by Gasteiger charge is -2.17. The van der Waals surface area contributed by atoms with Crippen molar-refractivity contribution in [3.63, 3.8) is 0 Å². The molecule has 1 saturated heterocycles. The number of carbonyl (C=O) groups is 1. The zero-order valence-electron chi connectivity index (χ0n) is 14.2. The molecule has 1 fully saturated rings. The van der Waals surface area contributed by atoms with Gasteiger partial charge < -0.3 is 5.32 Å². The highest BCUT2D eigenvalue weighted by atomic mass is 32.2. The van der Waals surface area contributed by atoms with Crippen LogP contribution in [0.5, 0.6) is 0 Å². The first-order valence-corrected chi connectivity index (χ1v) is 10.1. The first-order valence-electron chi connectivity index (χ1n) is 8.23. The quantitative estimate of drug-likeness (QED) is 0.703. The maximum atomic E-state index is 12.1. The van der Waals surface area contributed by atoms with Crippen LogP contribution in [0.25, 0.3) is 0 Å². The van der Waals surface area contributed by atoms with E-state index in [2.05, 4.69) is 21.9 Å². The highest BCUT2D eigenvalue weighted by Gasteiger charge is 2.34. The Hall–Kier alpha value is -1.51. The van der Waals surface area contributed by atoms with E-state index in [1.54, 1.807) is 6.20 Å². The highest BCUT2D eigenvalue weighted by Crippen LogP contribution is 2.22. The van der Waals surface area contributed by atoms with E-state index in [4.69, 9.17) is 0 Å². The third-order valence-electron chi connectivity index (χ3n) is 4.10. The van der Waals surface area contributed by atoms with E-state index in [1.165, 1.54) is 6.26 Å². The van der Waals surface area contributed by atoms with E-state index in [9.17, 15) is 13.2 Å². The standard InChI is InChI=1S/C16H26N4O3S/c1-3-6-13-10-20(11-15(13)19-24(2,22)23)12-16(21)18-9-14-7-4-5-8-17-14/h4-5,7-8,13,15,19H,3,6,9-12H2,1-2H3,(H,18,21)/t13-,15-/m1/s1. The molecule has 134 valence electrons. The number of amides is 1. The maximum absolute atomic E-state index is 12.1. The molecule has 0 radical (unpaired) electrons. The van der Waals surface area contributed by atoms with Crippen LogP contribution in [0.4, 0.5) is 0 Å². The van der Waals surface area contributed by atoms with Gasteiger partial charge in [-0.2, -0.15) is 0 Å². The number of pyridine rings is 1. The average Bonchev–Trinajstić information content (AvgIpc) is 2.86. The fourth-order valence-corrected chi connectivity index (χ4v) is 3.93. The number of hydrogen-bond donors (Lipinski definition) is 2. The van der Waals surface area contributed by atoms with Crippen molar-refractivity contribution < 1.29 is 13.2 Å². The van der Waals surface area contributed by atoms with Crippen molar-refractivity contribution in [1.29, 1.82) is 0 Å². The maximum Gasteiger partial charge on any atom is 0.234 e. The minimum Gasteiger partial charge on any atom is -0.349 e. The predicted octanol–water partition coefficient (Wildman–Crippen LogP) is 0.348. The van der Waals surface area contributed by atoms with Crippen molar-refractivity contribution in [3.8, 4) is 0 Å². The van der Waals surface area contributed by atoms with Crippen molar-refractivity contribution in [3.05, 3.63) is 30.1 Å². The first kappa shape index (κ1) is 18.8. The first-order chi connectivity index (χ1) is 11.4. The highest BCUT2D eigenvalue weighted by molar-refractivity contribution is 7.88. The molecule has 0 saturated carbocycles. The summed E-state index contributed by atoms with van der Waals surface area (Å²) in [6, 6.07) is 5.45. The van der Waals surface area contributed by atoms with E-state index < -0.39 is 10.0 Å². The van der Waals surface area contributed by atoms with Crippen LogP contribution in [0.15, 0.2) is 24.4 Å². The fraction of sp³-hybridized carbons (Fsp3) is 0.625. The van der Waals surface area contributed by atoms with E-state index in [1.807, 2.05) is 23.1 Å². The second-order valence-electron chi connectivity index (χ2n) is 6.34. The Morgan fingerprint density at radius 3 is 2.79 bits per heavy atom. The van der Waals surface area contributed by atoms with E-state index in [0.717, 1.165) is 25.1 Å². The van der Waals surface area contributed by atoms with Crippen LogP contribution in [0, 0.1) is 5.92 Å². The summed E-state index contributed by atoms with van der Waals surface area (Å²) in [6.45, 7) is 4.05. The molecular weight excluding hydrogens is 328 g/mol. The molecule has 0 unspecified atom stereocenters. The van der Waals surface area contributed by atoms with Gasteiger partial charge >= 0.3 is 0 Å². The topological polar surface area (TPSA) is 91.4 Å². The Labute approximate surface area is 143 Å². The number of sulfonamides is 1. The van der Waals surface area contributed by atoms with Crippen LogP contribution in [0.2, 0.25) is 0 Å². The second kappa shape index (κ2) is 8.55. The zero-order valence-corrected chi connectivity index (χ0v) is 15.1. The summed E-state index contributed by atoms with van der Waals surface area (Å²) in [4.78, 5) is 18.3. The van der Waals surface area contributed by atoms with Crippen LogP contribution < -0.4 is 10.0 Å². The summed E-state index contributed by atoms with van der Waals surface area (Å²) >= 11 is 0. The van der Waals surface area contributed by atoms with Crippen LogP contribution in [0.3, 0.4) is 0 Å². The number of aromatic nitrogens is 1. The number of hydrogen-bond acceptors (Lipinski definition) is 5. The summed E-state index contributed by atoms with van der Waals surface area (Å²) in [7, 11) is -3.24. The number of nitrogens with zero attached hydrogens (tertiary/aromatic N) is 2. The Morgan fingerprint density at radius 2 is 2.17 bits per heavy atom. The number of rotatable bonds is 8. The SMILES string of the molecule is CCC[C@@H]1CN(CC(=O)NCc2ccccn2)C[C@H]1NS(C)(=O)=O. The van der Waals surface area contributed by atoms with E-state index >= 15 is 0 Å². The number of likely N-dealkylation sites (tertiary alicyclic amines) is 1. The van der Waals surface area contributed by atoms with Gasteiger partial charge in [-0.1, -0.05) is 19.4 Å². The van der Waals surface area contributed by atoms with Gasteiger partial charge in [0.15, 0.2) is 0 Å². The molecule has 24 heavy (non-hydrogen) atoms. The van der Waals surface area contributed by atoms with Crippen molar-refractivity contribution in [2.75, 3.05) is 25.9 Å². The van der Waals surface area contributed by atoms with Crippen LogP contribution >= 0.6 is 0 Å². The zero-order chi connectivity index (χ0) is 17.6. The molecular formula is C16H26N4O3S. The largest absolute Gasteiger partial charge is 0.349 e. The molecule has 2 heterocycles. The molecule has 1 aromatic heterocycles. The lowest BCUT2D eigenvalue weighted by atomic mass is 9.99. The van der Waals surface area contributed by atoms with Gasteiger partial charge in [-0.05, 0) is 24.5 Å². The molecule has 1 aliphatic heterocycles. The lowest BCUT2D eigenvalue weighted by molar-refractivity contribution is -0.122. The molecule has 2 N–H and O–H groups in total. The van der Waals surface area contributed by atoms with Gasteiger partial charge in [0.25, 0.3) is 0 Å². The summed E-state index contributed by atoms with van der Waals surface area (Å²) < 4.78 is 25.7. The van der Waals surface area contributed by atoms with Crippen molar-refractivity contribution in [1.82, 2.24) is 19.9 Å². The predicted molar refractivity (Wildman–Crippen MR) is 92.7 cm³/mol. The van der Waals surface area contributed by atoms with E-state index in [-0.39, 0.29) is 24.4 Å². The van der Waals surface area contributed by atoms with Gasteiger partial charge in [-0.3, -0.25) is 14.7 Å². The molecule has 2 rings (SSSR count). The number of nitrogens with one attached hydrogen (secondary N) is 2. The second-order valence-corrected chi connectivity index (χ2v) is 8.12. The third-order valence-corrected chi connectivity index (χ3v) is 4.83. The normalized spacial score (nSPS) is 21.8. The van der Waals surface area contributed by atoms with Crippen LogP contribution in [-0.2, 0) is 21.4 Å². The fourth-order valence-electron chi connectivity index (χ4n) is 3.11. The van der Waals surface area contributed by atoms with Gasteiger partial charge in [0.1, 0.15) is 0 Å². The summed E-state index contributed by atoms with van der Waals surface area (Å²) in [6.07, 6.45) is 4.81. The van der Waals surface area contributed by atoms with Crippen molar-refractivity contribution >= 4 is 15.9 Å². The molecule has 0 spiro atoms. The molecule has 0 aromatic carbocycles. The van der Waals surface area contributed by atoms with Crippen LogP contribution in [-0.4, -0.2) is 56.1 Å². The molecule has 1 aliphatic rings. The summed E-state index contributed by atoms with van der Waals surface area (Å²) in [5, 5.41) is 2.85. The van der Waals surface area contributed by atoms with Gasteiger partial charge in [0.05, 0.1) is 25.0 Å². The molecule has 7 nitrogen and oxygen atoms in total. The minimum absolute atomic E-state index is 0.0732. The third kappa shape index (κ3) is 6.18. The molecule has 0 bridgehead atoms. The molecule has 1 aromatic rings. The Kier molecular flexibility index (Phi) is 6.70. The lowest BCUT2D eigenvalue weighted by Crippen LogP contribution is -2.41. The molecule has 8 heteroatoms. The van der Waals surface area contributed by atoms with Gasteiger partial charge in [-0.15, -0.1) is 0 Å². The molecule has 2 atom stereocenters. The van der Waals surface area contributed by atoms with Gasteiger partial charge in [-0.25, -0.2) is 13.1 Å². The smallest absolute Gasteiger partial charge is 0.234 e. The summed E-state index contributed by atoms with van der Waals surface area (Å²) in [5.41, 5.74) is 0.813. The van der Waals surface area contributed by atoms with Crippen LogP contribution in [0.1, 0.15) is 25.5 Å². The Balaban J connectivity index is 1.84. The summed E-state index contributed by atoms with van der Waals surface area (Å²) in [5.74, 6) is 0.171. The molecule has 1 amide bonds. The van der Waals surface area contributed by atoms with Gasteiger partial charge in [0, 0.05) is 25.3 Å². The molecule has 0 aliphatic carbocycles. The Morgan fingerprint density at radius 1 is 1.38 bits per heavy atom. The van der Waals surface area contributed by atoms with Crippen molar-refractivity contribution in [2.24, 2.45) is 5.92 Å². The number of carbonyl (C=O) groups excluding carboxylic acids is 1.